The van der Waals surface area contributed by atoms with Crippen LogP contribution in [-0.2, 0) is 14.3 Å². The standard InChI is InChI=1S/C25H46O9/c1-2-3-4-5-6-7-8-9-10-11-12-13-14-15-19(29)25(21(31)17-27)34-22(18-28)24(33)23(32)20(30)16-26/h14-15,18,20-27,30-33H,2-13,16-17H2,1H3/t20-,21?,22-,23-,24-,25?/m1/s1. The van der Waals surface area contributed by atoms with Crippen molar-refractivity contribution < 1.29 is 45.0 Å². The van der Waals surface area contributed by atoms with Gasteiger partial charge in [0.15, 0.2) is 12.1 Å². The molecule has 6 N–H and O–H groups in total. The first-order valence-electron chi connectivity index (χ1n) is 12.6. The molecule has 9 heteroatoms. The fourth-order valence-electron chi connectivity index (χ4n) is 3.56. The van der Waals surface area contributed by atoms with Gasteiger partial charge in [-0.05, 0) is 18.9 Å². The van der Waals surface area contributed by atoms with Crippen LogP contribution >= 0.6 is 0 Å². The summed E-state index contributed by atoms with van der Waals surface area (Å²) >= 11 is 0. The summed E-state index contributed by atoms with van der Waals surface area (Å²) in [4.78, 5) is 23.7. The predicted molar refractivity (Wildman–Crippen MR) is 128 cm³/mol. The third kappa shape index (κ3) is 14.3. The Kier molecular flexibility index (Phi) is 20.4. The average Bonchev–Trinajstić information content (AvgIpc) is 2.85. The number of carbonyl (C=O) groups excluding carboxylic acids is 2. The number of aldehydes is 1. The van der Waals surface area contributed by atoms with Crippen LogP contribution in [0.3, 0.4) is 0 Å². The minimum atomic E-state index is -1.96. The van der Waals surface area contributed by atoms with E-state index in [4.69, 9.17) is 9.84 Å². The number of aliphatic hydroxyl groups excluding tert-OH is 6. The average molecular weight is 491 g/mol. The van der Waals surface area contributed by atoms with Crippen molar-refractivity contribution in [3.63, 3.8) is 0 Å². The molecule has 0 aliphatic carbocycles. The van der Waals surface area contributed by atoms with Gasteiger partial charge in [0, 0.05) is 0 Å². The van der Waals surface area contributed by atoms with Crippen LogP contribution in [0.4, 0.5) is 0 Å². The zero-order chi connectivity index (χ0) is 25.8. The quantitative estimate of drug-likeness (QED) is 0.0701. The number of allylic oxidation sites excluding steroid dienone is 1. The fraction of sp³-hybridized carbons (Fsp3) is 0.840. The lowest BCUT2D eigenvalue weighted by Gasteiger charge is -2.29. The molecule has 0 radical (unpaired) electrons. The van der Waals surface area contributed by atoms with Crippen LogP contribution in [0.15, 0.2) is 12.2 Å². The molecule has 0 fully saturated rings. The van der Waals surface area contributed by atoms with Crippen molar-refractivity contribution in [2.24, 2.45) is 0 Å². The molecular formula is C25H46O9. The van der Waals surface area contributed by atoms with Crippen molar-refractivity contribution in [1.82, 2.24) is 0 Å². The second kappa shape index (κ2) is 21.1. The van der Waals surface area contributed by atoms with Gasteiger partial charge in [-0.15, -0.1) is 0 Å². The lowest BCUT2D eigenvalue weighted by molar-refractivity contribution is -0.171. The topological polar surface area (TPSA) is 165 Å². The highest BCUT2D eigenvalue weighted by atomic mass is 16.5. The van der Waals surface area contributed by atoms with Gasteiger partial charge in [0.1, 0.15) is 36.6 Å². The van der Waals surface area contributed by atoms with E-state index in [-0.39, 0.29) is 6.29 Å². The Labute approximate surface area is 203 Å². The zero-order valence-electron chi connectivity index (χ0n) is 20.5. The second-order valence-electron chi connectivity index (χ2n) is 8.77. The van der Waals surface area contributed by atoms with Gasteiger partial charge < -0.3 is 40.2 Å². The summed E-state index contributed by atoms with van der Waals surface area (Å²) in [5.74, 6) is -0.708. The molecule has 0 bridgehead atoms. The van der Waals surface area contributed by atoms with Gasteiger partial charge in [0.05, 0.1) is 13.2 Å². The Balaban J connectivity index is 4.42. The van der Waals surface area contributed by atoms with Crippen molar-refractivity contribution in [2.75, 3.05) is 13.2 Å². The fourth-order valence-corrected chi connectivity index (χ4v) is 3.56. The van der Waals surface area contributed by atoms with Crippen molar-refractivity contribution in [2.45, 2.75) is 121 Å². The van der Waals surface area contributed by atoms with Crippen LogP contribution in [0.2, 0.25) is 0 Å². The Hall–Kier alpha value is -1.20. The monoisotopic (exact) mass is 490 g/mol. The van der Waals surface area contributed by atoms with Gasteiger partial charge in [-0.25, -0.2) is 0 Å². The first kappa shape index (κ1) is 32.8. The molecule has 0 saturated heterocycles. The predicted octanol–water partition coefficient (Wildman–Crippen LogP) is 1.19. The number of rotatable bonds is 23. The van der Waals surface area contributed by atoms with E-state index >= 15 is 0 Å². The van der Waals surface area contributed by atoms with E-state index < -0.39 is 55.6 Å². The molecule has 0 spiro atoms. The number of hydrogen-bond acceptors (Lipinski definition) is 9. The third-order valence-electron chi connectivity index (χ3n) is 5.78. The molecule has 0 aliphatic rings. The smallest absolute Gasteiger partial charge is 0.186 e. The molecule has 0 amide bonds. The SMILES string of the molecule is CCCCCCCCCCCCCC=CC(=O)C(O[C@H](C=O)[C@@H](O)[C@H](O)[C@H](O)CO)C(O)CO. The summed E-state index contributed by atoms with van der Waals surface area (Å²) in [5, 5.41) is 57.2. The van der Waals surface area contributed by atoms with Crippen molar-refractivity contribution in [3.8, 4) is 0 Å². The first-order chi connectivity index (χ1) is 16.3. The molecule has 0 rings (SSSR count). The molecule has 0 heterocycles. The number of ether oxygens (including phenoxy) is 1. The third-order valence-corrected chi connectivity index (χ3v) is 5.78. The van der Waals surface area contributed by atoms with Crippen LogP contribution in [0.1, 0.15) is 84.0 Å². The maximum atomic E-state index is 12.4. The van der Waals surface area contributed by atoms with Crippen LogP contribution in [0, 0.1) is 0 Å². The molecule has 0 aliphatic heterocycles. The lowest BCUT2D eigenvalue weighted by atomic mass is 10.0. The van der Waals surface area contributed by atoms with Gasteiger partial charge in [-0.3, -0.25) is 4.79 Å². The Morgan fingerprint density at radius 3 is 1.74 bits per heavy atom. The van der Waals surface area contributed by atoms with Gasteiger partial charge in [-0.2, -0.15) is 0 Å². The zero-order valence-corrected chi connectivity index (χ0v) is 20.5. The van der Waals surface area contributed by atoms with Crippen LogP contribution in [-0.4, -0.2) is 92.5 Å². The summed E-state index contributed by atoms with van der Waals surface area (Å²) < 4.78 is 5.17. The van der Waals surface area contributed by atoms with E-state index in [0.29, 0.717) is 6.42 Å². The lowest BCUT2D eigenvalue weighted by Crippen LogP contribution is -2.51. The minimum Gasteiger partial charge on any atom is -0.394 e. The molecular weight excluding hydrogens is 444 g/mol. The number of unbranched alkanes of at least 4 members (excludes halogenated alkanes) is 11. The molecule has 0 aromatic carbocycles. The normalized spacial score (nSPS) is 17.3. The molecule has 200 valence electrons. The van der Waals surface area contributed by atoms with E-state index in [1.54, 1.807) is 6.08 Å². The second-order valence-corrected chi connectivity index (χ2v) is 8.77. The van der Waals surface area contributed by atoms with Crippen molar-refractivity contribution in [3.05, 3.63) is 12.2 Å². The van der Waals surface area contributed by atoms with Crippen LogP contribution in [0.25, 0.3) is 0 Å². The minimum absolute atomic E-state index is 0.108. The Morgan fingerprint density at radius 1 is 0.765 bits per heavy atom. The van der Waals surface area contributed by atoms with E-state index in [1.165, 1.54) is 57.4 Å². The maximum Gasteiger partial charge on any atom is 0.186 e. The van der Waals surface area contributed by atoms with Crippen LogP contribution in [0.5, 0.6) is 0 Å². The highest BCUT2D eigenvalue weighted by molar-refractivity contribution is 5.94. The number of aliphatic hydroxyl groups is 6. The van der Waals surface area contributed by atoms with Gasteiger partial charge in [0.2, 0.25) is 0 Å². The van der Waals surface area contributed by atoms with Crippen LogP contribution < -0.4 is 0 Å². The number of ketones is 1. The molecule has 9 nitrogen and oxygen atoms in total. The molecule has 6 atom stereocenters. The number of carbonyl (C=O) groups is 2. The van der Waals surface area contributed by atoms with Gasteiger partial charge in [-0.1, -0.05) is 77.2 Å². The Morgan fingerprint density at radius 2 is 1.26 bits per heavy atom. The van der Waals surface area contributed by atoms with E-state index in [2.05, 4.69) is 6.92 Å². The highest BCUT2D eigenvalue weighted by Gasteiger charge is 2.36. The van der Waals surface area contributed by atoms with Crippen molar-refractivity contribution >= 4 is 12.1 Å². The molecule has 0 saturated carbocycles. The first-order valence-corrected chi connectivity index (χ1v) is 12.6. The van der Waals surface area contributed by atoms with Crippen molar-refractivity contribution in [1.29, 1.82) is 0 Å². The molecule has 2 unspecified atom stereocenters. The summed E-state index contributed by atoms with van der Waals surface area (Å²) in [6, 6.07) is 0. The molecule has 34 heavy (non-hydrogen) atoms. The summed E-state index contributed by atoms with van der Waals surface area (Å²) in [6.07, 6.45) is 6.21. The maximum absolute atomic E-state index is 12.4. The van der Waals surface area contributed by atoms with Gasteiger partial charge in [0.25, 0.3) is 0 Å². The Bertz CT molecular complexity index is 540. The molecule has 0 aromatic heterocycles. The highest BCUT2D eigenvalue weighted by Crippen LogP contribution is 2.14. The summed E-state index contributed by atoms with van der Waals surface area (Å²) in [5.41, 5.74) is 0. The summed E-state index contributed by atoms with van der Waals surface area (Å²) in [6.45, 7) is 0.519. The van der Waals surface area contributed by atoms with E-state index in [9.17, 15) is 35.1 Å². The van der Waals surface area contributed by atoms with Gasteiger partial charge >= 0.3 is 0 Å². The largest absolute Gasteiger partial charge is 0.394 e. The van der Waals surface area contributed by atoms with E-state index in [0.717, 1.165) is 19.3 Å². The number of hydrogen-bond donors (Lipinski definition) is 6. The summed E-state index contributed by atoms with van der Waals surface area (Å²) in [7, 11) is 0. The van der Waals surface area contributed by atoms with E-state index in [1.807, 2.05) is 0 Å². The molecule has 0 aromatic rings.